The SMILES string of the molecule is C=CCNCC1=C(Sc2ccccc2)c2sc(NC(C)=O)c(C(=O)OCC)c2CC1. The number of esters is 1. The van der Waals surface area contributed by atoms with E-state index in [1.165, 1.54) is 23.8 Å². The average molecular weight is 443 g/mol. The predicted molar refractivity (Wildman–Crippen MR) is 125 cm³/mol. The van der Waals surface area contributed by atoms with Crippen molar-refractivity contribution in [2.24, 2.45) is 0 Å². The summed E-state index contributed by atoms with van der Waals surface area (Å²) in [6, 6.07) is 10.2. The highest BCUT2D eigenvalue weighted by Crippen LogP contribution is 2.49. The van der Waals surface area contributed by atoms with Crippen LogP contribution in [0.5, 0.6) is 0 Å². The topological polar surface area (TPSA) is 67.4 Å². The Kier molecular flexibility index (Phi) is 7.90. The highest BCUT2D eigenvalue weighted by Gasteiger charge is 2.31. The van der Waals surface area contributed by atoms with Crippen molar-refractivity contribution in [2.75, 3.05) is 25.0 Å². The van der Waals surface area contributed by atoms with Crippen molar-refractivity contribution in [1.82, 2.24) is 5.32 Å². The van der Waals surface area contributed by atoms with Gasteiger partial charge in [-0.1, -0.05) is 36.0 Å². The van der Waals surface area contributed by atoms with Gasteiger partial charge in [-0.25, -0.2) is 4.79 Å². The highest BCUT2D eigenvalue weighted by molar-refractivity contribution is 8.08. The van der Waals surface area contributed by atoms with Gasteiger partial charge >= 0.3 is 5.97 Å². The molecule has 2 N–H and O–H groups in total. The number of rotatable bonds is 9. The maximum absolute atomic E-state index is 12.7. The standard InChI is InChI=1S/C23H26N2O3S2/c1-4-13-24-14-16-11-12-18-19(23(27)28-5-2)22(25-15(3)26)30-21(18)20(16)29-17-9-7-6-8-10-17/h4,6-10,24H,1,5,11-14H2,2-3H3,(H,25,26). The molecule has 0 bridgehead atoms. The number of anilines is 1. The fourth-order valence-corrected chi connectivity index (χ4v) is 5.91. The largest absolute Gasteiger partial charge is 0.462 e. The van der Waals surface area contributed by atoms with Crippen LogP contribution in [0.15, 0.2) is 53.5 Å². The highest BCUT2D eigenvalue weighted by atomic mass is 32.2. The number of hydrogen-bond donors (Lipinski definition) is 2. The fourth-order valence-electron chi connectivity index (χ4n) is 3.32. The van der Waals surface area contributed by atoms with Crippen LogP contribution in [0.3, 0.4) is 0 Å². The summed E-state index contributed by atoms with van der Waals surface area (Å²) in [6.45, 7) is 8.79. The zero-order valence-corrected chi connectivity index (χ0v) is 18.9. The van der Waals surface area contributed by atoms with Gasteiger partial charge in [0.05, 0.1) is 12.2 Å². The first-order chi connectivity index (χ1) is 14.5. The second-order valence-corrected chi connectivity index (χ2v) is 8.89. The zero-order valence-electron chi connectivity index (χ0n) is 17.2. The lowest BCUT2D eigenvalue weighted by Gasteiger charge is -2.21. The van der Waals surface area contributed by atoms with E-state index < -0.39 is 0 Å². The Morgan fingerprint density at radius 2 is 2.03 bits per heavy atom. The second-order valence-electron chi connectivity index (χ2n) is 6.78. The number of carbonyl (C=O) groups excluding carboxylic acids is 2. The molecule has 0 saturated carbocycles. The Labute approximate surface area is 185 Å². The van der Waals surface area contributed by atoms with Crippen LogP contribution >= 0.6 is 23.1 Å². The average Bonchev–Trinajstić information content (AvgIpc) is 3.08. The van der Waals surface area contributed by atoms with E-state index in [-0.39, 0.29) is 11.9 Å². The third kappa shape index (κ3) is 5.22. The first-order valence-corrected chi connectivity index (χ1v) is 11.6. The van der Waals surface area contributed by atoms with Gasteiger partial charge in [-0.05, 0) is 43.0 Å². The van der Waals surface area contributed by atoms with Crippen molar-refractivity contribution in [1.29, 1.82) is 0 Å². The van der Waals surface area contributed by atoms with Crippen LogP contribution in [0.2, 0.25) is 0 Å². The monoisotopic (exact) mass is 442 g/mol. The number of amides is 1. The van der Waals surface area contributed by atoms with Crippen LogP contribution in [-0.2, 0) is 16.0 Å². The van der Waals surface area contributed by atoms with Crippen molar-refractivity contribution < 1.29 is 14.3 Å². The van der Waals surface area contributed by atoms with Gasteiger partial charge in [0.1, 0.15) is 5.00 Å². The number of hydrogen-bond acceptors (Lipinski definition) is 6. The molecule has 30 heavy (non-hydrogen) atoms. The third-order valence-corrected chi connectivity index (χ3v) is 7.07. The lowest BCUT2D eigenvalue weighted by Crippen LogP contribution is -2.20. The molecule has 0 unspecified atom stereocenters. The predicted octanol–water partition coefficient (Wildman–Crippen LogP) is 5.11. The van der Waals surface area contributed by atoms with Crippen molar-refractivity contribution >= 4 is 44.9 Å². The summed E-state index contributed by atoms with van der Waals surface area (Å²) in [5.74, 6) is -0.579. The second kappa shape index (κ2) is 10.6. The van der Waals surface area contributed by atoms with Gasteiger partial charge in [0.25, 0.3) is 0 Å². The summed E-state index contributed by atoms with van der Waals surface area (Å²) in [4.78, 5) is 27.8. The lowest BCUT2D eigenvalue weighted by atomic mass is 9.94. The first-order valence-electron chi connectivity index (χ1n) is 9.92. The molecule has 1 aliphatic rings. The van der Waals surface area contributed by atoms with Crippen LogP contribution in [0.4, 0.5) is 5.00 Å². The molecular weight excluding hydrogens is 416 g/mol. The minimum atomic E-state index is -0.379. The minimum absolute atomic E-state index is 0.201. The molecule has 0 saturated heterocycles. The quantitative estimate of drug-likeness (QED) is 0.321. The molecule has 1 aromatic heterocycles. The van der Waals surface area contributed by atoms with Gasteiger partial charge in [-0.3, -0.25) is 4.79 Å². The number of nitrogens with one attached hydrogen (secondary N) is 2. The molecule has 1 aromatic carbocycles. The van der Waals surface area contributed by atoms with E-state index in [0.29, 0.717) is 17.2 Å². The molecule has 7 heteroatoms. The molecular formula is C23H26N2O3S2. The Hall–Kier alpha value is -2.35. The Balaban J connectivity index is 2.08. The molecule has 3 rings (SSSR count). The van der Waals surface area contributed by atoms with Crippen LogP contribution < -0.4 is 10.6 Å². The Morgan fingerprint density at radius 3 is 2.70 bits per heavy atom. The number of fused-ring (bicyclic) bond motifs is 1. The summed E-state index contributed by atoms with van der Waals surface area (Å²) >= 11 is 3.15. The van der Waals surface area contributed by atoms with Crippen LogP contribution in [0.1, 0.15) is 41.1 Å². The third-order valence-electron chi connectivity index (χ3n) is 4.57. The van der Waals surface area contributed by atoms with E-state index in [1.807, 2.05) is 24.3 Å². The molecule has 1 aliphatic carbocycles. The molecule has 0 atom stereocenters. The maximum atomic E-state index is 12.7. The van der Waals surface area contributed by atoms with Crippen molar-refractivity contribution in [3.63, 3.8) is 0 Å². The summed E-state index contributed by atoms with van der Waals surface area (Å²) in [5.41, 5.74) is 2.76. The van der Waals surface area contributed by atoms with Crippen LogP contribution in [-0.4, -0.2) is 31.6 Å². The minimum Gasteiger partial charge on any atom is -0.462 e. The number of thiophene rings is 1. The van der Waals surface area contributed by atoms with Crippen LogP contribution in [0, 0.1) is 0 Å². The fraction of sp³-hybridized carbons (Fsp3) is 0.304. The first kappa shape index (κ1) is 22.3. The van der Waals surface area contributed by atoms with Crippen molar-refractivity contribution in [3.05, 3.63) is 64.6 Å². The number of carbonyl (C=O) groups is 2. The van der Waals surface area contributed by atoms with Gasteiger partial charge < -0.3 is 15.4 Å². The summed E-state index contributed by atoms with van der Waals surface area (Å²) in [6.07, 6.45) is 3.43. The number of thioether (sulfide) groups is 1. The molecule has 158 valence electrons. The lowest BCUT2D eigenvalue weighted by molar-refractivity contribution is -0.114. The number of ether oxygens (including phenoxy) is 1. The van der Waals surface area contributed by atoms with Crippen molar-refractivity contribution in [3.8, 4) is 0 Å². The summed E-state index contributed by atoms with van der Waals surface area (Å²) in [7, 11) is 0. The van der Waals surface area contributed by atoms with E-state index in [0.717, 1.165) is 46.2 Å². The summed E-state index contributed by atoms with van der Waals surface area (Å²) in [5, 5.41) is 6.81. The van der Waals surface area contributed by atoms with Crippen LogP contribution in [0.25, 0.3) is 4.91 Å². The zero-order chi connectivity index (χ0) is 21.5. The molecule has 2 aromatic rings. The van der Waals surface area contributed by atoms with Gasteiger partial charge in [0.2, 0.25) is 5.91 Å². The maximum Gasteiger partial charge on any atom is 0.341 e. The summed E-state index contributed by atoms with van der Waals surface area (Å²) < 4.78 is 5.30. The molecule has 1 heterocycles. The van der Waals surface area contributed by atoms with Gasteiger partial charge in [0.15, 0.2) is 0 Å². The molecule has 5 nitrogen and oxygen atoms in total. The van der Waals surface area contributed by atoms with Crippen molar-refractivity contribution in [2.45, 2.75) is 31.6 Å². The molecule has 0 radical (unpaired) electrons. The van der Waals surface area contributed by atoms with E-state index in [4.69, 9.17) is 4.74 Å². The van der Waals surface area contributed by atoms with E-state index in [9.17, 15) is 9.59 Å². The van der Waals surface area contributed by atoms with E-state index in [2.05, 4.69) is 29.3 Å². The Morgan fingerprint density at radius 1 is 1.27 bits per heavy atom. The number of benzene rings is 1. The normalized spacial score (nSPS) is 13.0. The van der Waals surface area contributed by atoms with E-state index in [1.54, 1.807) is 18.7 Å². The van der Waals surface area contributed by atoms with Gasteiger partial charge in [-0.15, -0.1) is 17.9 Å². The molecule has 0 fully saturated rings. The van der Waals surface area contributed by atoms with Gasteiger partial charge in [-0.2, -0.15) is 0 Å². The smallest absolute Gasteiger partial charge is 0.341 e. The van der Waals surface area contributed by atoms with E-state index >= 15 is 0 Å². The molecule has 1 amide bonds. The Bertz CT molecular complexity index is 964. The molecule has 0 aliphatic heterocycles. The molecule has 0 spiro atoms. The van der Waals surface area contributed by atoms with Gasteiger partial charge in [0, 0.05) is 34.7 Å².